The van der Waals surface area contributed by atoms with E-state index < -0.39 is 30.0 Å². The molecule has 1 aromatic heterocycles. The second-order valence-electron chi connectivity index (χ2n) is 8.68. The van der Waals surface area contributed by atoms with Gasteiger partial charge in [-0.25, -0.2) is 4.79 Å². The zero-order chi connectivity index (χ0) is 20.5. The summed E-state index contributed by atoms with van der Waals surface area (Å²) in [6.45, 7) is 13.6. The largest absolute Gasteiger partial charge is 0.492 e. The first-order chi connectivity index (χ1) is 12.3. The predicted molar refractivity (Wildman–Crippen MR) is 107 cm³/mol. The van der Waals surface area contributed by atoms with Gasteiger partial charge in [-0.15, -0.1) is 0 Å². The summed E-state index contributed by atoms with van der Waals surface area (Å²) in [5.41, 5.74) is 6.16. The first-order valence-corrected chi connectivity index (χ1v) is 9.03. The highest BCUT2D eigenvalue weighted by atomic mass is 16.7. The number of hydrogen-bond donors (Lipinski definition) is 2. The molecule has 1 saturated heterocycles. The highest BCUT2D eigenvalue weighted by Gasteiger charge is 2.52. The van der Waals surface area contributed by atoms with Crippen LogP contribution in [0.3, 0.4) is 0 Å². The van der Waals surface area contributed by atoms with Crippen molar-refractivity contribution in [1.82, 2.24) is 10.3 Å². The number of pyridine rings is 1. The predicted octanol–water partition coefficient (Wildman–Crippen LogP) is 3.20. The fourth-order valence-electron chi connectivity index (χ4n) is 2.38. The number of nitrogen functional groups attached to an aromatic ring is 1. The van der Waals surface area contributed by atoms with Gasteiger partial charge >= 0.3 is 13.2 Å². The molecule has 27 heavy (non-hydrogen) atoms. The van der Waals surface area contributed by atoms with Crippen LogP contribution in [0.25, 0.3) is 6.08 Å². The van der Waals surface area contributed by atoms with E-state index in [1.54, 1.807) is 18.3 Å². The van der Waals surface area contributed by atoms with E-state index in [4.69, 9.17) is 19.8 Å². The maximum absolute atomic E-state index is 12.1. The number of nitrogens with two attached hydrogens (primary N) is 1. The first-order valence-electron chi connectivity index (χ1n) is 9.03. The van der Waals surface area contributed by atoms with Crippen LogP contribution in [0.15, 0.2) is 23.8 Å². The van der Waals surface area contributed by atoms with E-state index in [2.05, 4.69) is 10.3 Å². The number of alkyl carbamates (subject to hydrolysis) is 1. The number of amides is 1. The molecule has 0 aromatic carbocycles. The molecule has 148 valence electrons. The molecule has 2 heterocycles. The summed E-state index contributed by atoms with van der Waals surface area (Å²) in [5, 5.41) is 2.76. The zero-order valence-corrected chi connectivity index (χ0v) is 17.3. The lowest BCUT2D eigenvalue weighted by atomic mass is 9.77. The molecule has 0 aliphatic carbocycles. The van der Waals surface area contributed by atoms with Gasteiger partial charge in [-0.05, 0) is 72.1 Å². The van der Waals surface area contributed by atoms with Gasteiger partial charge in [-0.2, -0.15) is 0 Å². The molecule has 1 amide bonds. The van der Waals surface area contributed by atoms with Crippen molar-refractivity contribution in [3.05, 3.63) is 29.5 Å². The van der Waals surface area contributed by atoms with Crippen LogP contribution in [0.4, 0.5) is 10.5 Å². The lowest BCUT2D eigenvalue weighted by molar-refractivity contribution is 0.00578. The zero-order valence-electron chi connectivity index (χ0n) is 17.3. The van der Waals surface area contributed by atoms with Crippen LogP contribution >= 0.6 is 0 Å². The maximum Gasteiger partial charge on any atom is 0.492 e. The Morgan fingerprint density at radius 1 is 1.26 bits per heavy atom. The van der Waals surface area contributed by atoms with Crippen LogP contribution < -0.4 is 11.1 Å². The molecule has 0 saturated carbocycles. The fourth-order valence-corrected chi connectivity index (χ4v) is 2.38. The summed E-state index contributed by atoms with van der Waals surface area (Å²) >= 11 is 0. The minimum atomic E-state index is -0.607. The second-order valence-corrected chi connectivity index (χ2v) is 8.68. The molecule has 1 fully saturated rings. The molecule has 0 atom stereocenters. The van der Waals surface area contributed by atoms with E-state index in [-0.39, 0.29) is 6.54 Å². The standard InChI is InChI=1S/C19H30BN3O4/c1-17(2,3)25-16(24)23-11-13(10-15-9-8-14(21)12-22-15)20-26-18(4,5)19(6,7)27-20/h8-10,12H,11,21H2,1-7H3,(H,23,24). The lowest BCUT2D eigenvalue weighted by Gasteiger charge is -2.32. The van der Waals surface area contributed by atoms with Crippen molar-refractivity contribution in [3.63, 3.8) is 0 Å². The van der Waals surface area contributed by atoms with Crippen LogP contribution in [0, 0.1) is 0 Å². The normalized spacial score (nSPS) is 19.1. The Morgan fingerprint density at radius 3 is 2.33 bits per heavy atom. The number of hydrogen-bond acceptors (Lipinski definition) is 6. The van der Waals surface area contributed by atoms with Crippen LogP contribution in [0.5, 0.6) is 0 Å². The van der Waals surface area contributed by atoms with Gasteiger partial charge in [0.15, 0.2) is 0 Å². The maximum atomic E-state index is 12.1. The number of nitrogens with zero attached hydrogens (tertiary/aromatic N) is 1. The van der Waals surface area contributed by atoms with Gasteiger partial charge in [0.25, 0.3) is 0 Å². The number of anilines is 1. The fraction of sp³-hybridized carbons (Fsp3) is 0.579. The average molecular weight is 375 g/mol. The Balaban J connectivity index is 2.22. The van der Waals surface area contributed by atoms with Gasteiger partial charge in [0, 0.05) is 6.54 Å². The molecule has 7 nitrogen and oxygen atoms in total. The summed E-state index contributed by atoms with van der Waals surface area (Å²) in [4.78, 5) is 16.3. The van der Waals surface area contributed by atoms with Crippen molar-refractivity contribution < 1.29 is 18.8 Å². The van der Waals surface area contributed by atoms with Crippen LogP contribution in [0.2, 0.25) is 0 Å². The molecule has 0 unspecified atom stereocenters. The molecule has 1 aromatic rings. The van der Waals surface area contributed by atoms with Gasteiger partial charge in [-0.1, -0.05) is 0 Å². The number of carbonyl (C=O) groups excluding carboxylic acids is 1. The molecule has 0 bridgehead atoms. The molecule has 8 heteroatoms. The molecule has 0 spiro atoms. The van der Waals surface area contributed by atoms with E-state index in [1.165, 1.54) is 0 Å². The summed E-state index contributed by atoms with van der Waals surface area (Å²) in [7, 11) is -0.607. The second kappa shape index (κ2) is 7.52. The Labute approximate surface area is 161 Å². The number of carbonyl (C=O) groups is 1. The van der Waals surface area contributed by atoms with E-state index in [0.29, 0.717) is 11.4 Å². The van der Waals surface area contributed by atoms with E-state index in [9.17, 15) is 4.79 Å². The highest BCUT2D eigenvalue weighted by molar-refractivity contribution is 6.56. The van der Waals surface area contributed by atoms with Gasteiger partial charge in [0.2, 0.25) is 0 Å². The molecule has 3 N–H and O–H groups in total. The third kappa shape index (κ3) is 5.71. The van der Waals surface area contributed by atoms with Crippen LogP contribution in [0.1, 0.15) is 54.2 Å². The summed E-state index contributed by atoms with van der Waals surface area (Å²) in [6, 6.07) is 3.57. The number of rotatable bonds is 4. The summed E-state index contributed by atoms with van der Waals surface area (Å²) in [6.07, 6.45) is 2.91. The van der Waals surface area contributed by atoms with Crippen molar-refractivity contribution in [2.24, 2.45) is 0 Å². The third-order valence-corrected chi connectivity index (χ3v) is 4.53. The Bertz CT molecular complexity index is 693. The van der Waals surface area contributed by atoms with Gasteiger partial charge in [0.05, 0.1) is 28.8 Å². The lowest BCUT2D eigenvalue weighted by Crippen LogP contribution is -2.41. The average Bonchev–Trinajstić information content (AvgIpc) is 2.72. The first kappa shape index (κ1) is 21.2. The van der Waals surface area contributed by atoms with Crippen molar-refractivity contribution in [2.45, 2.75) is 65.3 Å². The molecule has 1 aliphatic heterocycles. The van der Waals surface area contributed by atoms with Crippen LogP contribution in [-0.4, -0.2) is 41.5 Å². The number of aromatic nitrogens is 1. The minimum absolute atomic E-state index is 0.206. The van der Waals surface area contributed by atoms with Gasteiger partial charge < -0.3 is 25.1 Å². The monoisotopic (exact) mass is 375 g/mol. The van der Waals surface area contributed by atoms with E-state index in [1.807, 2.05) is 54.5 Å². The summed E-state index contributed by atoms with van der Waals surface area (Å²) in [5.74, 6) is 0. The topological polar surface area (TPSA) is 95.7 Å². The highest BCUT2D eigenvalue weighted by Crippen LogP contribution is 2.38. The van der Waals surface area contributed by atoms with Crippen molar-refractivity contribution in [2.75, 3.05) is 12.3 Å². The van der Waals surface area contributed by atoms with Gasteiger partial charge in [0.1, 0.15) is 5.60 Å². The van der Waals surface area contributed by atoms with Gasteiger partial charge in [-0.3, -0.25) is 4.98 Å². The molecular weight excluding hydrogens is 345 g/mol. The van der Waals surface area contributed by atoms with E-state index in [0.717, 1.165) is 5.47 Å². The molecule has 0 radical (unpaired) electrons. The Kier molecular flexibility index (Phi) is 5.92. The number of ether oxygens (including phenoxy) is 1. The van der Waals surface area contributed by atoms with Crippen molar-refractivity contribution in [1.29, 1.82) is 0 Å². The quantitative estimate of drug-likeness (QED) is 0.785. The SMILES string of the molecule is CC(C)(C)OC(=O)NCC(=Cc1ccc(N)cn1)B1OC(C)(C)C(C)(C)O1. The molecular formula is C19H30BN3O4. The molecule has 2 rings (SSSR count). The third-order valence-electron chi connectivity index (χ3n) is 4.53. The Hall–Kier alpha value is -2.06. The summed E-state index contributed by atoms with van der Waals surface area (Å²) < 4.78 is 17.5. The van der Waals surface area contributed by atoms with Crippen molar-refractivity contribution in [3.8, 4) is 0 Å². The smallest absolute Gasteiger partial charge is 0.444 e. The Morgan fingerprint density at radius 2 is 1.85 bits per heavy atom. The van der Waals surface area contributed by atoms with Crippen molar-refractivity contribution >= 4 is 25.0 Å². The number of nitrogens with one attached hydrogen (secondary N) is 1. The molecule has 1 aliphatic rings. The van der Waals surface area contributed by atoms with E-state index >= 15 is 0 Å². The minimum Gasteiger partial charge on any atom is -0.444 e. The van der Waals surface area contributed by atoms with Crippen LogP contribution in [-0.2, 0) is 14.0 Å².